The van der Waals surface area contributed by atoms with E-state index in [2.05, 4.69) is 36.0 Å². The van der Waals surface area contributed by atoms with Crippen LogP contribution >= 0.6 is 11.8 Å². The predicted octanol–water partition coefficient (Wildman–Crippen LogP) is 3.62. The zero-order chi connectivity index (χ0) is 18.0. The second-order valence-electron chi connectivity index (χ2n) is 5.83. The second-order valence-corrected chi connectivity index (χ2v) is 6.66. The van der Waals surface area contributed by atoms with Crippen LogP contribution in [0, 0.1) is 26.2 Å². The van der Waals surface area contributed by atoms with E-state index in [4.69, 9.17) is 6.42 Å². The van der Waals surface area contributed by atoms with Crippen LogP contribution < -0.4 is 5.56 Å². The van der Waals surface area contributed by atoms with Gasteiger partial charge in [-0.1, -0.05) is 18.2 Å². The fourth-order valence-corrected chi connectivity index (χ4v) is 3.17. The number of thioether (sulfide) groups is 1. The van der Waals surface area contributed by atoms with Crippen LogP contribution in [0.1, 0.15) is 17.1 Å². The number of aryl methyl sites for hydroxylation is 2. The highest BCUT2D eigenvalue weighted by Crippen LogP contribution is 2.35. The standard InChI is InChI=1S/C13H13N3OS.C7H6/c1-4-11-8-16(10(2)14-11)12-5-6-15(9-18-3)13(17)7-12;1-5-4-6-2-3-7(5)6/h1,5-8H,9H2,2-3H3;2-4H,1H3. The molecule has 4 rings (SSSR count). The first-order valence-electron chi connectivity index (χ1n) is 7.87. The fourth-order valence-electron chi connectivity index (χ4n) is 2.68. The molecule has 126 valence electrons. The third kappa shape index (κ3) is 3.40. The highest BCUT2D eigenvalue weighted by Gasteiger charge is 2.11. The number of terminal acetylenes is 1. The average Bonchev–Trinajstić information content (AvgIpc) is 2.96. The van der Waals surface area contributed by atoms with Gasteiger partial charge in [-0.25, -0.2) is 4.98 Å². The van der Waals surface area contributed by atoms with Crippen molar-refractivity contribution in [2.45, 2.75) is 19.7 Å². The Morgan fingerprint density at radius 1 is 1.24 bits per heavy atom. The highest BCUT2D eigenvalue weighted by molar-refractivity contribution is 7.97. The van der Waals surface area contributed by atoms with Gasteiger partial charge in [-0.2, -0.15) is 0 Å². The molecule has 2 aliphatic rings. The third-order valence-corrected chi connectivity index (χ3v) is 4.63. The summed E-state index contributed by atoms with van der Waals surface area (Å²) in [6.07, 6.45) is 10.8. The van der Waals surface area contributed by atoms with Gasteiger partial charge in [-0.3, -0.25) is 4.79 Å². The summed E-state index contributed by atoms with van der Waals surface area (Å²) in [4.78, 5) is 16.1. The molecule has 0 amide bonds. The largest absolute Gasteiger partial charge is 0.306 e. The van der Waals surface area contributed by atoms with Crippen LogP contribution in [0.5, 0.6) is 0 Å². The number of pyridine rings is 1. The number of benzene rings is 1. The summed E-state index contributed by atoms with van der Waals surface area (Å²) < 4.78 is 3.47. The maximum absolute atomic E-state index is 11.9. The number of hydrogen-bond donors (Lipinski definition) is 0. The Morgan fingerprint density at radius 3 is 2.44 bits per heavy atom. The van der Waals surface area contributed by atoms with Gasteiger partial charge in [0, 0.05) is 18.5 Å². The van der Waals surface area contributed by atoms with Gasteiger partial charge >= 0.3 is 0 Å². The van der Waals surface area contributed by atoms with Gasteiger partial charge in [0.2, 0.25) is 0 Å². The van der Waals surface area contributed by atoms with Crippen LogP contribution in [0.4, 0.5) is 0 Å². The van der Waals surface area contributed by atoms with Gasteiger partial charge in [0.15, 0.2) is 0 Å². The van der Waals surface area contributed by atoms with Crippen molar-refractivity contribution in [1.82, 2.24) is 14.1 Å². The van der Waals surface area contributed by atoms with Crippen LogP contribution in [0.2, 0.25) is 0 Å². The van der Waals surface area contributed by atoms with Gasteiger partial charge in [-0.05, 0) is 48.8 Å². The first kappa shape index (κ1) is 17.1. The molecule has 25 heavy (non-hydrogen) atoms. The zero-order valence-corrected chi connectivity index (χ0v) is 15.3. The van der Waals surface area contributed by atoms with Crippen molar-refractivity contribution in [2.75, 3.05) is 6.26 Å². The molecule has 0 fully saturated rings. The van der Waals surface area contributed by atoms with E-state index >= 15 is 0 Å². The minimum Gasteiger partial charge on any atom is -0.306 e. The summed E-state index contributed by atoms with van der Waals surface area (Å²) in [5.41, 5.74) is 5.68. The molecule has 2 heterocycles. The quantitative estimate of drug-likeness (QED) is 0.530. The van der Waals surface area contributed by atoms with Gasteiger partial charge in [0.05, 0.1) is 11.6 Å². The molecule has 5 heteroatoms. The van der Waals surface area contributed by atoms with Crippen molar-refractivity contribution >= 4 is 11.8 Å². The molecule has 0 N–H and O–H groups in total. The first-order valence-corrected chi connectivity index (χ1v) is 9.26. The Kier molecular flexibility index (Phi) is 4.82. The fraction of sp³-hybridized carbons (Fsp3) is 0.200. The second kappa shape index (κ2) is 7.04. The summed E-state index contributed by atoms with van der Waals surface area (Å²) in [5.74, 6) is 3.90. The monoisotopic (exact) mass is 349 g/mol. The Morgan fingerprint density at radius 2 is 2.04 bits per heavy atom. The lowest BCUT2D eigenvalue weighted by molar-refractivity contribution is 0.830. The molecule has 0 atom stereocenters. The molecule has 0 radical (unpaired) electrons. The van der Waals surface area contributed by atoms with E-state index < -0.39 is 0 Å². The summed E-state index contributed by atoms with van der Waals surface area (Å²) in [6.45, 7) is 4.00. The van der Waals surface area contributed by atoms with Crippen molar-refractivity contribution in [1.29, 1.82) is 0 Å². The Hall–Kier alpha value is -2.71. The van der Waals surface area contributed by atoms with Crippen LogP contribution in [0.3, 0.4) is 0 Å². The summed E-state index contributed by atoms with van der Waals surface area (Å²) >= 11 is 1.60. The molecule has 2 aromatic rings. The summed E-state index contributed by atoms with van der Waals surface area (Å²) in [5, 5.41) is 0. The lowest BCUT2D eigenvalue weighted by atomic mass is 9.88. The predicted molar refractivity (Wildman–Crippen MR) is 104 cm³/mol. The van der Waals surface area contributed by atoms with Crippen molar-refractivity contribution < 1.29 is 0 Å². The Balaban J connectivity index is 0.000000213. The van der Waals surface area contributed by atoms with E-state index in [9.17, 15) is 4.79 Å². The molecule has 2 aromatic heterocycles. The lowest BCUT2D eigenvalue weighted by Gasteiger charge is -2.17. The van der Waals surface area contributed by atoms with Gasteiger partial charge in [0.1, 0.15) is 11.5 Å². The molecular formula is C20H19N3OS. The number of aromatic nitrogens is 3. The van der Waals surface area contributed by atoms with Gasteiger partial charge in [-0.15, -0.1) is 18.2 Å². The van der Waals surface area contributed by atoms with Crippen molar-refractivity contribution in [3.63, 3.8) is 0 Å². The minimum absolute atomic E-state index is 0.0304. The maximum Gasteiger partial charge on any atom is 0.253 e. The molecule has 4 nitrogen and oxygen atoms in total. The van der Waals surface area contributed by atoms with Crippen molar-refractivity contribution in [2.24, 2.45) is 0 Å². The normalized spacial score (nSPS) is 10.6. The summed E-state index contributed by atoms with van der Waals surface area (Å²) in [6, 6.07) is 9.97. The third-order valence-electron chi connectivity index (χ3n) is 4.09. The van der Waals surface area contributed by atoms with Crippen molar-refractivity contribution in [3.8, 4) is 29.2 Å². The van der Waals surface area contributed by atoms with Crippen LogP contribution in [0.15, 0.2) is 47.5 Å². The van der Waals surface area contributed by atoms with Crippen LogP contribution in [-0.2, 0) is 5.88 Å². The summed E-state index contributed by atoms with van der Waals surface area (Å²) in [7, 11) is 0. The van der Waals surface area contributed by atoms with Gasteiger partial charge in [0.25, 0.3) is 5.56 Å². The smallest absolute Gasteiger partial charge is 0.253 e. The Labute approximate surface area is 151 Å². The number of hydrogen-bond acceptors (Lipinski definition) is 3. The number of imidazole rings is 1. The highest BCUT2D eigenvalue weighted by atomic mass is 32.2. The molecule has 0 saturated heterocycles. The topological polar surface area (TPSA) is 39.8 Å². The number of nitrogens with zero attached hydrogens (tertiary/aromatic N) is 3. The van der Waals surface area contributed by atoms with Crippen LogP contribution in [-0.4, -0.2) is 20.4 Å². The molecule has 0 spiro atoms. The molecule has 2 aliphatic carbocycles. The van der Waals surface area contributed by atoms with E-state index in [0.717, 1.165) is 11.5 Å². The average molecular weight is 349 g/mol. The molecule has 0 bridgehead atoms. The Bertz CT molecular complexity index is 1020. The minimum atomic E-state index is -0.0304. The van der Waals surface area contributed by atoms with Crippen LogP contribution in [0.25, 0.3) is 16.8 Å². The molecule has 0 saturated carbocycles. The lowest BCUT2D eigenvalue weighted by Crippen LogP contribution is -2.18. The van der Waals surface area contributed by atoms with Crippen molar-refractivity contribution in [3.05, 3.63) is 70.2 Å². The van der Waals surface area contributed by atoms with E-state index in [1.807, 2.05) is 23.8 Å². The first-order chi connectivity index (χ1) is 12.0. The molecular weight excluding hydrogens is 330 g/mol. The van der Waals surface area contributed by atoms with E-state index in [1.165, 1.54) is 16.7 Å². The zero-order valence-electron chi connectivity index (χ0n) is 14.5. The van der Waals surface area contributed by atoms with E-state index in [-0.39, 0.29) is 5.56 Å². The SMILES string of the molecule is C#Cc1cn(-c2ccn(CSC)c(=O)c2)c(C)n1.Cc1cc2ccc1-2. The number of rotatable bonds is 3. The van der Waals surface area contributed by atoms with E-state index in [1.54, 1.807) is 34.8 Å². The molecule has 0 aliphatic heterocycles. The van der Waals surface area contributed by atoms with E-state index in [0.29, 0.717) is 11.6 Å². The maximum atomic E-state index is 11.9. The molecule has 0 unspecified atom stereocenters. The van der Waals surface area contributed by atoms with Gasteiger partial charge < -0.3 is 9.13 Å². The number of fused-ring (bicyclic) bond motifs is 1. The molecule has 0 aromatic carbocycles.